The molecule has 0 amide bonds. The van der Waals surface area contributed by atoms with Crippen molar-refractivity contribution in [3.8, 4) is 5.75 Å². The molecule has 0 saturated carbocycles. The summed E-state index contributed by atoms with van der Waals surface area (Å²) >= 11 is 0. The Morgan fingerprint density at radius 3 is 2.40 bits per heavy atom. The fourth-order valence-electron chi connectivity index (χ4n) is 0.916. The smallest absolute Gasteiger partial charge is 0.306 e. The summed E-state index contributed by atoms with van der Waals surface area (Å²) in [5, 5.41) is 0. The van der Waals surface area contributed by atoms with E-state index in [-0.39, 0.29) is 5.75 Å². The molecule has 15 heavy (non-hydrogen) atoms. The van der Waals surface area contributed by atoms with Crippen LogP contribution >= 0.6 is 0 Å². The van der Waals surface area contributed by atoms with Crippen molar-refractivity contribution in [2.75, 3.05) is 6.26 Å². The Balaban J connectivity index is 3.08. The lowest BCUT2D eigenvalue weighted by atomic mass is 10.2. The van der Waals surface area contributed by atoms with E-state index in [4.69, 9.17) is 0 Å². The average molecular weight is 240 g/mol. The second-order valence-corrected chi connectivity index (χ2v) is 4.35. The summed E-state index contributed by atoms with van der Waals surface area (Å²) in [5.74, 6) is -1.44. The molecule has 3 nitrogen and oxygen atoms in total. The fraction of sp³-hybridized carbons (Fsp3) is 0.250. The third-order valence-corrected chi connectivity index (χ3v) is 1.95. The Morgan fingerprint density at radius 2 is 1.93 bits per heavy atom. The van der Waals surface area contributed by atoms with Gasteiger partial charge in [-0.3, -0.25) is 0 Å². The number of hydrogen-bond acceptors (Lipinski definition) is 3. The molecule has 0 saturated heterocycles. The zero-order valence-corrected chi connectivity index (χ0v) is 8.39. The van der Waals surface area contributed by atoms with Gasteiger partial charge in [-0.2, -0.15) is 8.42 Å². The molecule has 0 fully saturated rings. The van der Waals surface area contributed by atoms with Crippen molar-refractivity contribution in [3.05, 3.63) is 29.6 Å². The molecule has 0 N–H and O–H groups in total. The van der Waals surface area contributed by atoms with Crippen LogP contribution < -0.4 is 4.18 Å². The van der Waals surface area contributed by atoms with Crippen molar-refractivity contribution < 1.29 is 25.8 Å². The van der Waals surface area contributed by atoms with Crippen LogP contribution in [0.4, 0.5) is 13.2 Å². The zero-order valence-electron chi connectivity index (χ0n) is 7.58. The van der Waals surface area contributed by atoms with Crippen LogP contribution in [0.25, 0.3) is 0 Å². The minimum atomic E-state index is -3.80. The maximum atomic E-state index is 12.8. The van der Waals surface area contributed by atoms with Crippen LogP contribution in [-0.4, -0.2) is 14.7 Å². The van der Waals surface area contributed by atoms with Gasteiger partial charge < -0.3 is 4.18 Å². The molecule has 0 unspecified atom stereocenters. The van der Waals surface area contributed by atoms with Gasteiger partial charge in [-0.1, -0.05) is 0 Å². The quantitative estimate of drug-likeness (QED) is 0.760. The Kier molecular flexibility index (Phi) is 3.23. The topological polar surface area (TPSA) is 43.4 Å². The van der Waals surface area contributed by atoms with Crippen molar-refractivity contribution in [1.82, 2.24) is 0 Å². The first-order valence-corrected chi connectivity index (χ1v) is 5.58. The molecule has 0 aromatic heterocycles. The van der Waals surface area contributed by atoms with Crippen molar-refractivity contribution in [3.63, 3.8) is 0 Å². The van der Waals surface area contributed by atoms with Crippen molar-refractivity contribution >= 4 is 10.1 Å². The molecule has 84 valence electrons. The highest BCUT2D eigenvalue weighted by Gasteiger charge is 2.15. The number of alkyl halides is 2. The fourth-order valence-corrected chi connectivity index (χ4v) is 1.37. The van der Waals surface area contributed by atoms with Crippen LogP contribution in [0.2, 0.25) is 0 Å². The highest BCUT2D eigenvalue weighted by Crippen LogP contribution is 2.26. The molecule has 1 aromatic carbocycles. The summed E-state index contributed by atoms with van der Waals surface area (Å²) in [6.07, 6.45) is -2.26. The molecule has 0 radical (unpaired) electrons. The van der Waals surface area contributed by atoms with E-state index in [9.17, 15) is 21.6 Å². The molecule has 0 aliphatic rings. The van der Waals surface area contributed by atoms with E-state index in [1.807, 2.05) is 0 Å². The molecule has 0 atom stereocenters. The Hall–Kier alpha value is -1.24. The summed E-state index contributed by atoms with van der Waals surface area (Å²) in [6.45, 7) is 0. The molecule has 0 spiro atoms. The van der Waals surface area contributed by atoms with Crippen molar-refractivity contribution in [1.29, 1.82) is 0 Å². The summed E-state index contributed by atoms with van der Waals surface area (Å²) in [4.78, 5) is 0. The number of halogens is 3. The number of hydrogen-bond donors (Lipinski definition) is 0. The van der Waals surface area contributed by atoms with Crippen molar-refractivity contribution in [2.45, 2.75) is 6.43 Å². The first-order valence-electron chi connectivity index (χ1n) is 3.76. The third kappa shape index (κ3) is 3.43. The predicted molar refractivity (Wildman–Crippen MR) is 46.8 cm³/mol. The summed E-state index contributed by atoms with van der Waals surface area (Å²) in [6, 6.07) is 2.34. The molecule has 0 heterocycles. The minimum Gasteiger partial charge on any atom is -0.383 e. The van der Waals surface area contributed by atoms with E-state index >= 15 is 0 Å². The van der Waals surface area contributed by atoms with Gasteiger partial charge in [0.1, 0.15) is 11.6 Å². The molecule has 0 aliphatic heterocycles. The van der Waals surface area contributed by atoms with E-state index in [1.54, 1.807) is 0 Å². The molecule has 1 rings (SSSR count). The normalized spacial score (nSPS) is 11.8. The van der Waals surface area contributed by atoms with E-state index < -0.39 is 27.9 Å². The molecular weight excluding hydrogens is 233 g/mol. The number of rotatable bonds is 3. The lowest BCUT2D eigenvalue weighted by Crippen LogP contribution is -2.06. The summed E-state index contributed by atoms with van der Waals surface area (Å²) < 4.78 is 62.8. The maximum absolute atomic E-state index is 12.8. The van der Waals surface area contributed by atoms with Gasteiger partial charge in [0.15, 0.2) is 0 Å². The van der Waals surface area contributed by atoms with Gasteiger partial charge in [0.2, 0.25) is 0 Å². The van der Waals surface area contributed by atoms with Gasteiger partial charge in [-0.15, -0.1) is 0 Å². The zero-order chi connectivity index (χ0) is 11.6. The minimum absolute atomic E-state index is 0.339. The van der Waals surface area contributed by atoms with Crippen LogP contribution in [0.1, 0.15) is 12.0 Å². The largest absolute Gasteiger partial charge is 0.383 e. The second kappa shape index (κ2) is 4.09. The molecule has 7 heteroatoms. The second-order valence-electron chi connectivity index (χ2n) is 2.77. The lowest BCUT2D eigenvalue weighted by Gasteiger charge is -2.06. The predicted octanol–water partition coefficient (Wildman–Crippen LogP) is 2.10. The van der Waals surface area contributed by atoms with Crippen LogP contribution in [0.3, 0.4) is 0 Å². The van der Waals surface area contributed by atoms with E-state index in [1.165, 1.54) is 0 Å². The van der Waals surface area contributed by atoms with Crippen LogP contribution in [0.15, 0.2) is 18.2 Å². The molecule has 1 aromatic rings. The van der Waals surface area contributed by atoms with E-state index in [0.717, 1.165) is 18.4 Å². The van der Waals surface area contributed by atoms with E-state index in [0.29, 0.717) is 6.07 Å². The van der Waals surface area contributed by atoms with Gasteiger partial charge >= 0.3 is 10.1 Å². The van der Waals surface area contributed by atoms with Gasteiger partial charge in [-0.05, 0) is 18.2 Å². The maximum Gasteiger partial charge on any atom is 0.306 e. The number of benzene rings is 1. The standard InChI is InChI=1S/C8H7F3O3S/c1-15(12,13)14-5-2-3-7(9)6(4-5)8(10)11/h2-4,8H,1H3. The van der Waals surface area contributed by atoms with Crippen molar-refractivity contribution in [2.24, 2.45) is 0 Å². The van der Waals surface area contributed by atoms with Gasteiger partial charge in [0.25, 0.3) is 6.43 Å². The van der Waals surface area contributed by atoms with Crippen LogP contribution in [0, 0.1) is 5.82 Å². The first kappa shape index (κ1) is 11.8. The highest BCUT2D eigenvalue weighted by molar-refractivity contribution is 7.86. The van der Waals surface area contributed by atoms with Crippen LogP contribution in [0.5, 0.6) is 5.75 Å². The van der Waals surface area contributed by atoms with Gasteiger partial charge in [-0.25, -0.2) is 13.2 Å². The monoisotopic (exact) mass is 240 g/mol. The third-order valence-electron chi connectivity index (χ3n) is 1.45. The molecular formula is C8H7F3O3S. The van der Waals surface area contributed by atoms with Gasteiger partial charge in [0.05, 0.1) is 11.8 Å². The first-order chi connectivity index (χ1) is 6.79. The average Bonchev–Trinajstić information content (AvgIpc) is 2.05. The van der Waals surface area contributed by atoms with Crippen LogP contribution in [-0.2, 0) is 10.1 Å². The Labute approximate surface area is 84.6 Å². The van der Waals surface area contributed by atoms with E-state index in [2.05, 4.69) is 4.18 Å². The Bertz CT molecular complexity index is 456. The SMILES string of the molecule is CS(=O)(=O)Oc1ccc(F)c(C(F)F)c1. The highest BCUT2D eigenvalue weighted by atomic mass is 32.2. The molecule has 0 bridgehead atoms. The molecule has 0 aliphatic carbocycles. The Morgan fingerprint density at radius 1 is 1.33 bits per heavy atom. The summed E-state index contributed by atoms with van der Waals surface area (Å²) in [7, 11) is -3.80. The van der Waals surface area contributed by atoms with Gasteiger partial charge in [0, 0.05) is 0 Å². The lowest BCUT2D eigenvalue weighted by molar-refractivity contribution is 0.146. The summed E-state index contributed by atoms with van der Waals surface area (Å²) in [5.41, 5.74) is -0.892.